The number of hydrogen-bond acceptors (Lipinski definition) is 4. The highest BCUT2D eigenvalue weighted by molar-refractivity contribution is 5.87. The van der Waals surface area contributed by atoms with Crippen molar-refractivity contribution in [2.75, 3.05) is 13.2 Å². The fourth-order valence-corrected chi connectivity index (χ4v) is 3.68. The van der Waals surface area contributed by atoms with Crippen LogP contribution in [0.4, 0.5) is 0 Å². The Balaban J connectivity index is 1.77. The number of aromatic nitrogens is 1. The molecule has 28 heavy (non-hydrogen) atoms. The number of aliphatic hydroxyl groups excluding tert-OH is 2. The molecule has 1 aliphatic carbocycles. The van der Waals surface area contributed by atoms with Crippen molar-refractivity contribution >= 4 is 10.9 Å². The van der Waals surface area contributed by atoms with Gasteiger partial charge in [0.1, 0.15) is 5.75 Å². The SMILES string of the molecule is CCCOc1ccc(-c2cc(C3CC3)c3cc(CCO)ccc3n2)cc1CO. The summed E-state index contributed by atoms with van der Waals surface area (Å²) in [5.41, 5.74) is 6.19. The summed E-state index contributed by atoms with van der Waals surface area (Å²) in [6.45, 7) is 2.81. The first-order valence-electron chi connectivity index (χ1n) is 10.1. The summed E-state index contributed by atoms with van der Waals surface area (Å²) in [4.78, 5) is 4.90. The van der Waals surface area contributed by atoms with E-state index in [1.165, 1.54) is 23.8 Å². The van der Waals surface area contributed by atoms with E-state index in [-0.39, 0.29) is 13.2 Å². The third-order valence-electron chi connectivity index (χ3n) is 5.31. The van der Waals surface area contributed by atoms with E-state index in [1.807, 2.05) is 24.3 Å². The van der Waals surface area contributed by atoms with Gasteiger partial charge in [0.15, 0.2) is 0 Å². The maximum atomic E-state index is 9.77. The van der Waals surface area contributed by atoms with Crippen LogP contribution in [0.5, 0.6) is 5.75 Å². The predicted molar refractivity (Wildman–Crippen MR) is 112 cm³/mol. The summed E-state index contributed by atoms with van der Waals surface area (Å²) >= 11 is 0. The minimum atomic E-state index is -0.0551. The molecule has 0 atom stereocenters. The average molecular weight is 377 g/mol. The second-order valence-electron chi connectivity index (χ2n) is 7.53. The topological polar surface area (TPSA) is 62.6 Å². The summed E-state index contributed by atoms with van der Waals surface area (Å²) in [5.74, 6) is 1.34. The Bertz CT molecular complexity index is 979. The number of rotatable bonds is 8. The minimum Gasteiger partial charge on any atom is -0.493 e. The molecule has 4 nitrogen and oxygen atoms in total. The third kappa shape index (κ3) is 3.89. The molecule has 0 aliphatic heterocycles. The van der Waals surface area contributed by atoms with Gasteiger partial charge in [-0.25, -0.2) is 4.98 Å². The third-order valence-corrected chi connectivity index (χ3v) is 5.31. The van der Waals surface area contributed by atoms with Crippen molar-refractivity contribution in [1.82, 2.24) is 4.98 Å². The highest BCUT2D eigenvalue weighted by Gasteiger charge is 2.26. The van der Waals surface area contributed by atoms with E-state index in [4.69, 9.17) is 9.72 Å². The molecule has 1 fully saturated rings. The van der Waals surface area contributed by atoms with Gasteiger partial charge in [0, 0.05) is 23.1 Å². The first-order chi connectivity index (χ1) is 13.7. The van der Waals surface area contributed by atoms with E-state index in [2.05, 4.69) is 25.1 Å². The second-order valence-corrected chi connectivity index (χ2v) is 7.53. The number of ether oxygens (including phenoxy) is 1. The van der Waals surface area contributed by atoms with Crippen LogP contribution in [0.2, 0.25) is 0 Å². The molecule has 3 aromatic rings. The van der Waals surface area contributed by atoms with Crippen molar-refractivity contribution in [3.63, 3.8) is 0 Å². The van der Waals surface area contributed by atoms with E-state index in [0.29, 0.717) is 18.9 Å². The van der Waals surface area contributed by atoms with Crippen molar-refractivity contribution in [3.8, 4) is 17.0 Å². The van der Waals surface area contributed by atoms with Gasteiger partial charge >= 0.3 is 0 Å². The molecule has 1 saturated carbocycles. The number of fused-ring (bicyclic) bond motifs is 1. The van der Waals surface area contributed by atoms with E-state index in [9.17, 15) is 10.2 Å². The van der Waals surface area contributed by atoms with Gasteiger partial charge in [-0.15, -0.1) is 0 Å². The number of aliphatic hydroxyl groups is 2. The highest BCUT2D eigenvalue weighted by atomic mass is 16.5. The fraction of sp³-hybridized carbons (Fsp3) is 0.375. The fourth-order valence-electron chi connectivity index (χ4n) is 3.68. The lowest BCUT2D eigenvalue weighted by Crippen LogP contribution is -2.00. The van der Waals surface area contributed by atoms with Crippen LogP contribution in [0.25, 0.3) is 22.2 Å². The lowest BCUT2D eigenvalue weighted by Gasteiger charge is -2.13. The van der Waals surface area contributed by atoms with Gasteiger partial charge in [-0.2, -0.15) is 0 Å². The Kier molecular flexibility index (Phi) is 5.60. The summed E-state index contributed by atoms with van der Waals surface area (Å²) in [6, 6.07) is 14.4. The maximum absolute atomic E-state index is 9.77. The van der Waals surface area contributed by atoms with Gasteiger partial charge in [0.05, 0.1) is 24.4 Å². The van der Waals surface area contributed by atoms with E-state index in [1.54, 1.807) is 0 Å². The van der Waals surface area contributed by atoms with Crippen molar-refractivity contribution < 1.29 is 14.9 Å². The van der Waals surface area contributed by atoms with Crippen LogP contribution in [0.15, 0.2) is 42.5 Å². The molecule has 4 heteroatoms. The van der Waals surface area contributed by atoms with Gasteiger partial charge in [-0.1, -0.05) is 13.0 Å². The van der Waals surface area contributed by atoms with Crippen molar-refractivity contribution in [1.29, 1.82) is 0 Å². The summed E-state index contributed by atoms with van der Waals surface area (Å²) < 4.78 is 5.75. The maximum Gasteiger partial charge on any atom is 0.124 e. The van der Waals surface area contributed by atoms with Crippen molar-refractivity contribution in [3.05, 3.63) is 59.2 Å². The summed E-state index contributed by atoms with van der Waals surface area (Å²) in [6.07, 6.45) is 4.03. The molecule has 0 unspecified atom stereocenters. The molecule has 0 saturated heterocycles. The van der Waals surface area contributed by atoms with Crippen LogP contribution in [0, 0.1) is 0 Å². The normalized spacial score (nSPS) is 13.8. The Hall–Kier alpha value is -2.43. The summed E-state index contributed by atoms with van der Waals surface area (Å²) in [5, 5.41) is 20.2. The monoisotopic (exact) mass is 377 g/mol. The highest BCUT2D eigenvalue weighted by Crippen LogP contribution is 2.44. The minimum absolute atomic E-state index is 0.0551. The molecule has 1 aliphatic rings. The van der Waals surface area contributed by atoms with Crippen LogP contribution in [-0.4, -0.2) is 28.4 Å². The molecule has 0 bridgehead atoms. The number of benzene rings is 2. The van der Waals surface area contributed by atoms with E-state index in [0.717, 1.165) is 40.1 Å². The Labute approximate surface area is 165 Å². The smallest absolute Gasteiger partial charge is 0.124 e. The molecule has 1 heterocycles. The van der Waals surface area contributed by atoms with Crippen LogP contribution < -0.4 is 4.74 Å². The lowest BCUT2D eigenvalue weighted by atomic mass is 9.98. The Morgan fingerprint density at radius 1 is 1.07 bits per heavy atom. The Morgan fingerprint density at radius 3 is 2.64 bits per heavy atom. The van der Waals surface area contributed by atoms with Gasteiger partial charge in [-0.05, 0) is 79.1 Å². The first-order valence-corrected chi connectivity index (χ1v) is 10.1. The molecule has 0 radical (unpaired) electrons. The van der Waals surface area contributed by atoms with Gasteiger partial charge in [0.25, 0.3) is 0 Å². The predicted octanol–water partition coefficient (Wildman–Crippen LogP) is 4.60. The zero-order valence-electron chi connectivity index (χ0n) is 16.3. The molecule has 4 rings (SSSR count). The largest absolute Gasteiger partial charge is 0.493 e. The molecular weight excluding hydrogens is 350 g/mol. The van der Waals surface area contributed by atoms with Crippen LogP contribution in [0.1, 0.15) is 48.8 Å². The molecule has 0 amide bonds. The van der Waals surface area contributed by atoms with Gasteiger partial charge < -0.3 is 14.9 Å². The van der Waals surface area contributed by atoms with Gasteiger partial charge in [-0.3, -0.25) is 0 Å². The van der Waals surface area contributed by atoms with E-state index >= 15 is 0 Å². The number of nitrogens with zero attached hydrogens (tertiary/aromatic N) is 1. The van der Waals surface area contributed by atoms with Crippen LogP contribution in [0.3, 0.4) is 0 Å². The molecule has 1 aromatic heterocycles. The molecule has 2 aromatic carbocycles. The number of pyridine rings is 1. The molecular formula is C24H27NO3. The quantitative estimate of drug-likeness (QED) is 0.602. The molecule has 146 valence electrons. The lowest BCUT2D eigenvalue weighted by molar-refractivity contribution is 0.263. The van der Waals surface area contributed by atoms with E-state index < -0.39 is 0 Å². The summed E-state index contributed by atoms with van der Waals surface area (Å²) in [7, 11) is 0. The number of hydrogen-bond donors (Lipinski definition) is 2. The first kappa shape index (κ1) is 18.9. The second kappa shape index (κ2) is 8.29. The zero-order chi connectivity index (χ0) is 19.5. The van der Waals surface area contributed by atoms with Crippen molar-refractivity contribution in [2.45, 2.75) is 45.1 Å². The van der Waals surface area contributed by atoms with Crippen LogP contribution in [-0.2, 0) is 13.0 Å². The van der Waals surface area contributed by atoms with Crippen molar-refractivity contribution in [2.24, 2.45) is 0 Å². The average Bonchev–Trinajstić information content (AvgIpc) is 3.57. The molecule has 0 spiro atoms. The van der Waals surface area contributed by atoms with Crippen LogP contribution >= 0.6 is 0 Å². The standard InChI is InChI=1S/C24H27NO3/c1-2-11-28-24-8-6-18(13-19(24)15-27)23-14-20(17-4-5-17)21-12-16(9-10-26)3-7-22(21)25-23/h3,6-8,12-14,17,26-27H,2,4-5,9-11,15H2,1H3. The van der Waals surface area contributed by atoms with Gasteiger partial charge in [0.2, 0.25) is 0 Å². The Morgan fingerprint density at radius 2 is 1.93 bits per heavy atom. The molecule has 2 N–H and O–H groups in total. The zero-order valence-corrected chi connectivity index (χ0v) is 16.3.